The standard InChI is InChI=1S/C27H27F4N3O2/c1-16-9-17(11-19(28)10-16)21-13-32-14-22(20-4-3-18(27(29,30)31)12-24(20)35-2)26(21)34-7-5-23-25(15-34)36-8-6-33-23/h3-4,9-14,23,25,33H,5-8,15H2,1-2H3/t23-,25-/m1/s1. The summed E-state index contributed by atoms with van der Waals surface area (Å²) in [5.74, 6) is -0.280. The number of halogens is 4. The van der Waals surface area contributed by atoms with E-state index in [2.05, 4.69) is 15.2 Å². The molecule has 5 rings (SSSR count). The van der Waals surface area contributed by atoms with Crippen LogP contribution in [0.5, 0.6) is 5.75 Å². The Hall–Kier alpha value is -3.17. The number of morpholine rings is 1. The molecule has 3 heterocycles. The normalized spacial score (nSPS) is 20.2. The zero-order valence-corrected chi connectivity index (χ0v) is 20.0. The van der Waals surface area contributed by atoms with E-state index in [1.165, 1.54) is 25.3 Å². The molecule has 2 aliphatic heterocycles. The van der Waals surface area contributed by atoms with Gasteiger partial charge in [-0.15, -0.1) is 0 Å². The summed E-state index contributed by atoms with van der Waals surface area (Å²) in [6.45, 7) is 4.51. The molecule has 9 heteroatoms. The fourth-order valence-electron chi connectivity index (χ4n) is 5.16. The molecule has 2 aliphatic rings. The lowest BCUT2D eigenvalue weighted by molar-refractivity contribution is -0.137. The molecule has 2 atom stereocenters. The first-order valence-electron chi connectivity index (χ1n) is 11.9. The van der Waals surface area contributed by atoms with Crippen molar-refractivity contribution in [2.24, 2.45) is 0 Å². The molecule has 0 amide bonds. The molecule has 0 saturated carbocycles. The second-order valence-corrected chi connectivity index (χ2v) is 9.22. The fraction of sp³-hybridized carbons (Fsp3) is 0.370. The van der Waals surface area contributed by atoms with E-state index < -0.39 is 11.7 Å². The lowest BCUT2D eigenvalue weighted by atomic mass is 9.93. The minimum atomic E-state index is -4.50. The Labute approximate surface area is 207 Å². The number of fused-ring (bicyclic) bond motifs is 1. The van der Waals surface area contributed by atoms with E-state index in [-0.39, 0.29) is 23.7 Å². The van der Waals surface area contributed by atoms with Crippen LogP contribution in [-0.2, 0) is 10.9 Å². The van der Waals surface area contributed by atoms with Crippen LogP contribution in [0.25, 0.3) is 22.3 Å². The first kappa shape index (κ1) is 24.5. The molecular weight excluding hydrogens is 474 g/mol. The SMILES string of the molecule is COc1cc(C(F)(F)F)ccc1-c1cncc(-c2cc(C)cc(F)c2)c1N1CC[C@H]2NCCO[C@@H]2C1. The van der Waals surface area contributed by atoms with Gasteiger partial charge in [-0.05, 0) is 54.8 Å². The molecule has 0 bridgehead atoms. The Kier molecular flexibility index (Phi) is 6.61. The van der Waals surface area contributed by atoms with Crippen molar-refractivity contribution in [2.75, 3.05) is 38.3 Å². The zero-order chi connectivity index (χ0) is 25.4. The van der Waals surface area contributed by atoms with Crippen molar-refractivity contribution in [3.63, 3.8) is 0 Å². The highest BCUT2D eigenvalue weighted by Crippen LogP contribution is 2.45. The van der Waals surface area contributed by atoms with Gasteiger partial charge in [0.05, 0.1) is 31.1 Å². The lowest BCUT2D eigenvalue weighted by Crippen LogP contribution is -2.57. The summed E-state index contributed by atoms with van der Waals surface area (Å²) in [6.07, 6.45) is -0.401. The topological polar surface area (TPSA) is 46.6 Å². The number of methoxy groups -OCH3 is 1. The summed E-state index contributed by atoms with van der Waals surface area (Å²) in [6, 6.07) is 8.47. The molecular formula is C27H27F4N3O2. The van der Waals surface area contributed by atoms with Crippen LogP contribution in [0.2, 0.25) is 0 Å². The number of pyridine rings is 1. The van der Waals surface area contributed by atoms with Gasteiger partial charge < -0.3 is 19.7 Å². The van der Waals surface area contributed by atoms with Gasteiger partial charge in [0.2, 0.25) is 0 Å². The van der Waals surface area contributed by atoms with Crippen LogP contribution in [0.15, 0.2) is 48.8 Å². The molecule has 0 aliphatic carbocycles. The molecule has 0 unspecified atom stereocenters. The minimum Gasteiger partial charge on any atom is -0.496 e. The number of nitrogens with zero attached hydrogens (tertiary/aromatic N) is 2. The summed E-state index contributed by atoms with van der Waals surface area (Å²) >= 11 is 0. The smallest absolute Gasteiger partial charge is 0.416 e. The largest absolute Gasteiger partial charge is 0.496 e. The molecule has 36 heavy (non-hydrogen) atoms. The monoisotopic (exact) mass is 501 g/mol. The van der Waals surface area contributed by atoms with Crippen molar-refractivity contribution in [3.05, 3.63) is 65.7 Å². The number of ether oxygens (including phenoxy) is 2. The zero-order valence-electron chi connectivity index (χ0n) is 20.0. The average molecular weight is 502 g/mol. The highest BCUT2D eigenvalue weighted by atomic mass is 19.4. The average Bonchev–Trinajstić information content (AvgIpc) is 2.86. The van der Waals surface area contributed by atoms with Crippen LogP contribution < -0.4 is 15.0 Å². The first-order chi connectivity index (χ1) is 17.2. The van der Waals surface area contributed by atoms with Crippen LogP contribution in [0.3, 0.4) is 0 Å². The number of aryl methyl sites for hydroxylation is 1. The van der Waals surface area contributed by atoms with Gasteiger partial charge in [0, 0.05) is 54.8 Å². The lowest BCUT2D eigenvalue weighted by Gasteiger charge is -2.43. The number of anilines is 1. The summed E-state index contributed by atoms with van der Waals surface area (Å²) in [5, 5.41) is 3.50. The molecule has 2 aromatic carbocycles. The van der Waals surface area contributed by atoms with Gasteiger partial charge in [0.1, 0.15) is 11.6 Å². The van der Waals surface area contributed by atoms with E-state index in [0.29, 0.717) is 42.0 Å². The molecule has 2 saturated heterocycles. The number of hydrogen-bond donors (Lipinski definition) is 1. The van der Waals surface area contributed by atoms with E-state index in [0.717, 1.165) is 36.3 Å². The summed E-state index contributed by atoms with van der Waals surface area (Å²) in [7, 11) is 1.35. The number of aromatic nitrogens is 1. The van der Waals surface area contributed by atoms with Crippen LogP contribution in [0.4, 0.5) is 23.2 Å². The van der Waals surface area contributed by atoms with E-state index in [4.69, 9.17) is 9.47 Å². The molecule has 5 nitrogen and oxygen atoms in total. The van der Waals surface area contributed by atoms with Gasteiger partial charge >= 0.3 is 6.18 Å². The summed E-state index contributed by atoms with van der Waals surface area (Å²) in [5.41, 5.74) is 3.16. The third-order valence-corrected chi connectivity index (χ3v) is 6.81. The fourth-order valence-corrected chi connectivity index (χ4v) is 5.16. The molecule has 2 fully saturated rings. The van der Waals surface area contributed by atoms with Crippen molar-refractivity contribution in [2.45, 2.75) is 31.7 Å². The van der Waals surface area contributed by atoms with Crippen molar-refractivity contribution < 1.29 is 27.0 Å². The minimum absolute atomic E-state index is 0.0369. The number of hydrogen-bond acceptors (Lipinski definition) is 5. The van der Waals surface area contributed by atoms with Crippen LogP contribution >= 0.6 is 0 Å². The molecule has 190 valence electrons. The Balaban J connectivity index is 1.68. The van der Waals surface area contributed by atoms with Gasteiger partial charge in [-0.2, -0.15) is 13.2 Å². The Morgan fingerprint density at radius 2 is 1.89 bits per heavy atom. The van der Waals surface area contributed by atoms with Gasteiger partial charge in [-0.1, -0.05) is 6.07 Å². The Morgan fingerprint density at radius 1 is 1.08 bits per heavy atom. The Morgan fingerprint density at radius 3 is 2.64 bits per heavy atom. The number of benzene rings is 2. The predicted octanol–water partition coefficient (Wildman–Crippen LogP) is 5.46. The number of piperidine rings is 1. The third kappa shape index (κ3) is 4.77. The maximum absolute atomic E-state index is 14.4. The second-order valence-electron chi connectivity index (χ2n) is 9.22. The van der Waals surface area contributed by atoms with E-state index in [1.807, 2.05) is 13.0 Å². The highest BCUT2D eigenvalue weighted by Gasteiger charge is 2.35. The molecule has 0 radical (unpaired) electrons. The van der Waals surface area contributed by atoms with Crippen LogP contribution in [0, 0.1) is 12.7 Å². The Bertz CT molecular complexity index is 1240. The number of rotatable bonds is 4. The molecule has 1 aromatic heterocycles. The third-order valence-electron chi connectivity index (χ3n) is 6.81. The van der Waals surface area contributed by atoms with Crippen LogP contribution in [0.1, 0.15) is 17.5 Å². The van der Waals surface area contributed by atoms with Gasteiger partial charge in [0.15, 0.2) is 0 Å². The maximum atomic E-state index is 14.4. The number of alkyl halides is 3. The quantitative estimate of drug-likeness (QED) is 0.482. The van der Waals surface area contributed by atoms with Crippen molar-refractivity contribution in [1.82, 2.24) is 10.3 Å². The first-order valence-corrected chi connectivity index (χ1v) is 11.9. The van der Waals surface area contributed by atoms with Crippen LogP contribution in [-0.4, -0.2) is 50.5 Å². The highest BCUT2D eigenvalue weighted by molar-refractivity contribution is 5.92. The van der Waals surface area contributed by atoms with Crippen molar-refractivity contribution in [3.8, 4) is 28.0 Å². The summed E-state index contributed by atoms with van der Waals surface area (Å²) in [4.78, 5) is 6.57. The predicted molar refractivity (Wildman–Crippen MR) is 130 cm³/mol. The maximum Gasteiger partial charge on any atom is 0.416 e. The van der Waals surface area contributed by atoms with Crippen molar-refractivity contribution in [1.29, 1.82) is 0 Å². The van der Waals surface area contributed by atoms with Gasteiger partial charge in [-0.3, -0.25) is 4.98 Å². The summed E-state index contributed by atoms with van der Waals surface area (Å²) < 4.78 is 66.0. The molecule has 0 spiro atoms. The number of nitrogens with one attached hydrogen (secondary N) is 1. The van der Waals surface area contributed by atoms with E-state index in [9.17, 15) is 17.6 Å². The van der Waals surface area contributed by atoms with Crippen molar-refractivity contribution >= 4 is 5.69 Å². The van der Waals surface area contributed by atoms with Gasteiger partial charge in [0.25, 0.3) is 0 Å². The van der Waals surface area contributed by atoms with Gasteiger partial charge in [-0.25, -0.2) is 4.39 Å². The molecule has 1 N–H and O–H groups in total. The van der Waals surface area contributed by atoms with E-state index >= 15 is 0 Å². The van der Waals surface area contributed by atoms with E-state index in [1.54, 1.807) is 12.4 Å². The molecule has 3 aromatic rings. The second kappa shape index (κ2) is 9.71.